The topological polar surface area (TPSA) is 111 Å². The number of carbonyl (C=O) groups excluding carboxylic acids is 1. The van der Waals surface area contributed by atoms with E-state index in [1.165, 1.54) is 0 Å². The summed E-state index contributed by atoms with van der Waals surface area (Å²) in [7, 11) is 0. The zero-order valence-corrected chi connectivity index (χ0v) is 9.90. The summed E-state index contributed by atoms with van der Waals surface area (Å²) in [6, 6.07) is 0.875. The first-order valence-corrected chi connectivity index (χ1v) is 5.45. The van der Waals surface area contributed by atoms with Gasteiger partial charge in [-0.25, -0.2) is 4.98 Å². The third-order valence-corrected chi connectivity index (χ3v) is 2.99. The van der Waals surface area contributed by atoms with Crippen molar-refractivity contribution in [1.82, 2.24) is 10.3 Å². The molecule has 0 spiro atoms. The van der Waals surface area contributed by atoms with Gasteiger partial charge in [0.05, 0.1) is 4.92 Å². The van der Waals surface area contributed by atoms with Gasteiger partial charge in [-0.1, -0.05) is 0 Å². The molecule has 0 unspecified atom stereocenters. The van der Waals surface area contributed by atoms with Crippen molar-refractivity contribution >= 4 is 17.4 Å². The van der Waals surface area contributed by atoms with Crippen LogP contribution in [0, 0.1) is 10.1 Å². The number of anilines is 1. The molecule has 0 bridgehead atoms. The number of hydrogen-bond acceptors (Lipinski definition) is 5. The van der Waals surface area contributed by atoms with Crippen LogP contribution < -0.4 is 11.1 Å². The minimum absolute atomic E-state index is 0.197. The quantitative estimate of drug-likeness (QED) is 0.645. The number of hydrogen-bond donors (Lipinski definition) is 2. The zero-order valence-electron chi connectivity index (χ0n) is 9.90. The first kappa shape index (κ1) is 14.0. The average molecular weight is 290 g/mol. The summed E-state index contributed by atoms with van der Waals surface area (Å²) in [5.41, 5.74) is 1.76. The van der Waals surface area contributed by atoms with Crippen LogP contribution in [0.1, 0.15) is 23.2 Å². The van der Waals surface area contributed by atoms with E-state index in [4.69, 9.17) is 5.73 Å². The minimum Gasteiger partial charge on any atom is -0.384 e. The van der Waals surface area contributed by atoms with Gasteiger partial charge in [-0.3, -0.25) is 14.9 Å². The molecule has 7 nitrogen and oxygen atoms in total. The molecule has 0 atom stereocenters. The van der Waals surface area contributed by atoms with Gasteiger partial charge >= 0.3 is 6.18 Å². The summed E-state index contributed by atoms with van der Waals surface area (Å²) in [6.45, 7) is 0. The standard InChI is InChI=1S/C10H9F3N4O3/c11-10(12,13)9(1-2-9)16-8(18)5-3-7(14)15-4-6(5)17(19)20/h3-4H,1-2H2,(H2,14,15)(H,16,18). The van der Waals surface area contributed by atoms with Crippen LogP contribution in [0.5, 0.6) is 0 Å². The predicted octanol–water partition coefficient (Wildman–Crippen LogP) is 1.40. The molecular weight excluding hydrogens is 281 g/mol. The van der Waals surface area contributed by atoms with Gasteiger partial charge in [0.25, 0.3) is 11.6 Å². The fourth-order valence-corrected chi connectivity index (χ4v) is 1.68. The molecule has 0 saturated heterocycles. The lowest BCUT2D eigenvalue weighted by molar-refractivity contribution is -0.385. The van der Waals surface area contributed by atoms with E-state index in [2.05, 4.69) is 4.98 Å². The van der Waals surface area contributed by atoms with Gasteiger partial charge in [0.15, 0.2) is 0 Å². The highest BCUT2D eigenvalue weighted by molar-refractivity contribution is 5.99. The highest BCUT2D eigenvalue weighted by Crippen LogP contribution is 2.49. The molecule has 20 heavy (non-hydrogen) atoms. The summed E-state index contributed by atoms with van der Waals surface area (Å²) < 4.78 is 38.2. The van der Waals surface area contributed by atoms with Crippen molar-refractivity contribution in [2.24, 2.45) is 0 Å². The number of halogens is 3. The number of aromatic nitrogens is 1. The van der Waals surface area contributed by atoms with Gasteiger partial charge in [-0.2, -0.15) is 13.2 Å². The normalized spacial score (nSPS) is 16.6. The molecular formula is C10H9F3N4O3. The number of carbonyl (C=O) groups is 1. The van der Waals surface area contributed by atoms with Crippen LogP contribution in [0.2, 0.25) is 0 Å². The van der Waals surface area contributed by atoms with Crippen molar-refractivity contribution in [3.63, 3.8) is 0 Å². The lowest BCUT2D eigenvalue weighted by Gasteiger charge is -2.20. The second kappa shape index (κ2) is 4.32. The van der Waals surface area contributed by atoms with Gasteiger partial charge < -0.3 is 11.1 Å². The van der Waals surface area contributed by atoms with E-state index in [-0.39, 0.29) is 18.7 Å². The number of nitrogens with one attached hydrogen (secondary N) is 1. The van der Waals surface area contributed by atoms with Gasteiger partial charge in [0.2, 0.25) is 0 Å². The number of amides is 1. The zero-order chi connectivity index (χ0) is 15.1. The van der Waals surface area contributed by atoms with Crippen molar-refractivity contribution in [1.29, 1.82) is 0 Å². The number of rotatable bonds is 3. The lowest BCUT2D eigenvalue weighted by atomic mass is 10.1. The smallest absolute Gasteiger partial charge is 0.384 e. The monoisotopic (exact) mass is 290 g/mol. The molecule has 1 aromatic heterocycles. The molecule has 2 rings (SSSR count). The molecule has 1 aliphatic carbocycles. The number of pyridine rings is 1. The van der Waals surface area contributed by atoms with Crippen molar-refractivity contribution in [2.45, 2.75) is 24.6 Å². The van der Waals surface area contributed by atoms with Crippen LogP contribution in [0.25, 0.3) is 0 Å². The van der Waals surface area contributed by atoms with E-state index in [9.17, 15) is 28.1 Å². The van der Waals surface area contributed by atoms with Crippen LogP contribution in [-0.2, 0) is 0 Å². The van der Waals surface area contributed by atoms with E-state index in [1.54, 1.807) is 5.32 Å². The Morgan fingerprint density at radius 2 is 2.10 bits per heavy atom. The fraction of sp³-hybridized carbons (Fsp3) is 0.400. The molecule has 1 aliphatic rings. The third-order valence-electron chi connectivity index (χ3n) is 2.99. The fourth-order valence-electron chi connectivity index (χ4n) is 1.68. The van der Waals surface area contributed by atoms with Crippen molar-refractivity contribution in [3.8, 4) is 0 Å². The first-order valence-electron chi connectivity index (χ1n) is 5.45. The Kier molecular flexibility index (Phi) is 3.03. The number of nitrogens with zero attached hydrogens (tertiary/aromatic N) is 2. The second-order valence-electron chi connectivity index (χ2n) is 4.42. The summed E-state index contributed by atoms with van der Waals surface area (Å²) in [6.07, 6.45) is -4.37. The Balaban J connectivity index is 2.31. The minimum atomic E-state index is -4.60. The highest BCUT2D eigenvalue weighted by atomic mass is 19.4. The number of alkyl halides is 3. The lowest BCUT2D eigenvalue weighted by Crippen LogP contribution is -2.48. The van der Waals surface area contributed by atoms with Gasteiger partial charge in [0, 0.05) is 0 Å². The molecule has 1 aromatic rings. The van der Waals surface area contributed by atoms with E-state index in [1.807, 2.05) is 0 Å². The summed E-state index contributed by atoms with van der Waals surface area (Å²) in [4.78, 5) is 25.1. The molecule has 0 radical (unpaired) electrons. The molecule has 1 amide bonds. The Bertz CT molecular complexity index is 584. The number of nitrogens with two attached hydrogens (primary N) is 1. The number of nitrogen functional groups attached to an aromatic ring is 1. The van der Waals surface area contributed by atoms with Crippen LogP contribution in [-0.4, -0.2) is 27.5 Å². The first-order chi connectivity index (χ1) is 9.16. The number of nitro groups is 1. The van der Waals surface area contributed by atoms with Gasteiger partial charge in [-0.05, 0) is 18.9 Å². The van der Waals surface area contributed by atoms with E-state index in [0.717, 1.165) is 12.3 Å². The third kappa shape index (κ3) is 2.36. The molecule has 1 fully saturated rings. The summed E-state index contributed by atoms with van der Waals surface area (Å²) in [5.74, 6) is -1.39. The summed E-state index contributed by atoms with van der Waals surface area (Å²) in [5, 5.41) is 12.5. The van der Waals surface area contributed by atoms with Crippen molar-refractivity contribution < 1.29 is 22.9 Å². The SMILES string of the molecule is Nc1cc(C(=O)NC2(C(F)(F)F)CC2)c([N+](=O)[O-])cn1. The van der Waals surface area contributed by atoms with Crippen LogP contribution in [0.4, 0.5) is 24.7 Å². The van der Waals surface area contributed by atoms with Gasteiger partial charge in [0.1, 0.15) is 23.1 Å². The Labute approximate surface area is 110 Å². The van der Waals surface area contributed by atoms with Crippen molar-refractivity contribution in [3.05, 3.63) is 27.9 Å². The van der Waals surface area contributed by atoms with Crippen molar-refractivity contribution in [2.75, 3.05) is 5.73 Å². The molecule has 1 heterocycles. The molecule has 3 N–H and O–H groups in total. The molecule has 10 heteroatoms. The van der Waals surface area contributed by atoms with Crippen LogP contribution >= 0.6 is 0 Å². The van der Waals surface area contributed by atoms with E-state index >= 15 is 0 Å². The predicted molar refractivity (Wildman–Crippen MR) is 60.8 cm³/mol. The van der Waals surface area contributed by atoms with E-state index in [0.29, 0.717) is 0 Å². The van der Waals surface area contributed by atoms with Crippen LogP contribution in [0.3, 0.4) is 0 Å². The Morgan fingerprint density at radius 3 is 2.55 bits per heavy atom. The molecule has 0 aliphatic heterocycles. The maximum Gasteiger partial charge on any atom is 0.411 e. The highest BCUT2D eigenvalue weighted by Gasteiger charge is 2.64. The largest absolute Gasteiger partial charge is 0.411 e. The summed E-state index contributed by atoms with van der Waals surface area (Å²) >= 11 is 0. The maximum atomic E-state index is 12.7. The Morgan fingerprint density at radius 1 is 1.50 bits per heavy atom. The Hall–Kier alpha value is -2.39. The maximum absolute atomic E-state index is 12.7. The van der Waals surface area contributed by atoms with Gasteiger partial charge in [-0.15, -0.1) is 0 Å². The molecule has 0 aromatic carbocycles. The molecule has 108 valence electrons. The van der Waals surface area contributed by atoms with E-state index < -0.39 is 33.8 Å². The molecule has 1 saturated carbocycles. The second-order valence-corrected chi connectivity index (χ2v) is 4.42. The van der Waals surface area contributed by atoms with Crippen LogP contribution in [0.15, 0.2) is 12.3 Å². The average Bonchev–Trinajstić information content (AvgIpc) is 3.08.